The number of nitrogens with zero attached hydrogens (tertiary/aromatic N) is 1. The van der Waals surface area contributed by atoms with E-state index in [2.05, 4.69) is 41.5 Å². The number of aromatic nitrogens is 1. The molecule has 5 nitrogen and oxygen atoms in total. The molecule has 6 heteroatoms. The summed E-state index contributed by atoms with van der Waals surface area (Å²) in [6.45, 7) is 2.33. The fourth-order valence-electron chi connectivity index (χ4n) is 2.88. The summed E-state index contributed by atoms with van der Waals surface area (Å²) in [5, 5.41) is 3.40. The van der Waals surface area contributed by atoms with Gasteiger partial charge in [-0.15, -0.1) is 11.3 Å². The third-order valence-electron chi connectivity index (χ3n) is 4.39. The zero-order valence-electron chi connectivity index (χ0n) is 15.0. The molecule has 1 aliphatic heterocycles. The molecule has 1 amide bonds. The van der Waals surface area contributed by atoms with Crippen LogP contribution in [0.15, 0.2) is 54.7 Å². The van der Waals surface area contributed by atoms with Crippen molar-refractivity contribution in [3.8, 4) is 11.5 Å². The first-order chi connectivity index (χ1) is 13.2. The van der Waals surface area contributed by atoms with Gasteiger partial charge >= 0.3 is 0 Å². The Kier molecular flexibility index (Phi) is 5.07. The number of benzene rings is 2. The summed E-state index contributed by atoms with van der Waals surface area (Å²) in [5.74, 6) is 0.990. The van der Waals surface area contributed by atoms with E-state index in [1.807, 2.05) is 24.4 Å². The SMILES string of the molecule is CCc1ccc(Cc2cnc(NC(=O)C3COc4ccccc4O3)s2)cc1. The number of para-hydroxylation sites is 2. The quantitative estimate of drug-likeness (QED) is 0.725. The number of ether oxygens (including phenoxy) is 2. The third-order valence-corrected chi connectivity index (χ3v) is 5.31. The van der Waals surface area contributed by atoms with E-state index in [9.17, 15) is 4.79 Å². The van der Waals surface area contributed by atoms with Crippen molar-refractivity contribution in [1.82, 2.24) is 4.98 Å². The topological polar surface area (TPSA) is 60.5 Å². The molecule has 27 heavy (non-hydrogen) atoms. The molecular formula is C21H20N2O3S. The van der Waals surface area contributed by atoms with Gasteiger partial charge < -0.3 is 9.47 Å². The Morgan fingerprint density at radius 3 is 2.67 bits per heavy atom. The van der Waals surface area contributed by atoms with Gasteiger partial charge in [0.15, 0.2) is 16.6 Å². The van der Waals surface area contributed by atoms with Crippen LogP contribution in [0.4, 0.5) is 5.13 Å². The van der Waals surface area contributed by atoms with Crippen molar-refractivity contribution in [3.63, 3.8) is 0 Å². The van der Waals surface area contributed by atoms with Crippen LogP contribution in [0.2, 0.25) is 0 Å². The predicted molar refractivity (Wildman–Crippen MR) is 106 cm³/mol. The van der Waals surface area contributed by atoms with Gasteiger partial charge in [-0.3, -0.25) is 10.1 Å². The minimum absolute atomic E-state index is 0.185. The second-order valence-corrected chi connectivity index (χ2v) is 7.45. The molecule has 1 N–H and O–H groups in total. The number of rotatable bonds is 5. The van der Waals surface area contributed by atoms with Crippen LogP contribution in [0.5, 0.6) is 11.5 Å². The number of amides is 1. The summed E-state index contributed by atoms with van der Waals surface area (Å²) in [6, 6.07) is 15.9. The van der Waals surface area contributed by atoms with Crippen molar-refractivity contribution in [2.45, 2.75) is 25.9 Å². The molecule has 4 rings (SSSR count). The number of nitrogens with one attached hydrogen (secondary N) is 1. The second kappa shape index (κ2) is 7.80. The first-order valence-electron chi connectivity index (χ1n) is 8.93. The Morgan fingerprint density at radius 1 is 1.15 bits per heavy atom. The molecular weight excluding hydrogens is 360 g/mol. The summed E-state index contributed by atoms with van der Waals surface area (Å²) >= 11 is 1.48. The predicted octanol–water partition coefficient (Wildman–Crippen LogP) is 4.07. The minimum Gasteiger partial charge on any atom is -0.485 e. The Bertz CT molecular complexity index is 937. The van der Waals surface area contributed by atoms with Crippen LogP contribution in [0.3, 0.4) is 0 Å². The first kappa shape index (κ1) is 17.5. The highest BCUT2D eigenvalue weighted by Gasteiger charge is 2.27. The molecule has 0 saturated carbocycles. The fourth-order valence-corrected chi connectivity index (χ4v) is 3.73. The van der Waals surface area contributed by atoms with Crippen LogP contribution in [0.1, 0.15) is 22.9 Å². The fraction of sp³-hybridized carbons (Fsp3) is 0.238. The standard InChI is InChI=1S/C21H20N2O3S/c1-2-14-7-9-15(10-8-14)11-16-12-22-21(27-16)23-20(24)19-13-25-17-5-3-4-6-18(17)26-19/h3-10,12,19H,2,11,13H2,1H3,(H,22,23,24). The van der Waals surface area contributed by atoms with Crippen molar-refractivity contribution in [1.29, 1.82) is 0 Å². The van der Waals surface area contributed by atoms with Gasteiger partial charge in [0.1, 0.15) is 6.61 Å². The summed E-state index contributed by atoms with van der Waals surface area (Å²) in [7, 11) is 0. The molecule has 0 fully saturated rings. The summed E-state index contributed by atoms with van der Waals surface area (Å²) in [6.07, 6.45) is 2.96. The van der Waals surface area contributed by atoms with Gasteiger partial charge in [0.2, 0.25) is 6.10 Å². The molecule has 1 unspecified atom stereocenters. The van der Waals surface area contributed by atoms with Crippen LogP contribution < -0.4 is 14.8 Å². The van der Waals surface area contributed by atoms with E-state index < -0.39 is 6.10 Å². The van der Waals surface area contributed by atoms with E-state index in [-0.39, 0.29) is 12.5 Å². The Balaban J connectivity index is 1.37. The van der Waals surface area contributed by atoms with E-state index in [4.69, 9.17) is 9.47 Å². The average molecular weight is 380 g/mol. The molecule has 3 aromatic rings. The normalized spacial score (nSPS) is 15.4. The van der Waals surface area contributed by atoms with Gasteiger partial charge in [0.25, 0.3) is 5.91 Å². The van der Waals surface area contributed by atoms with Crippen LogP contribution in [0.25, 0.3) is 0 Å². The molecule has 2 aromatic carbocycles. The van der Waals surface area contributed by atoms with Crippen molar-refractivity contribution in [3.05, 3.63) is 70.7 Å². The maximum Gasteiger partial charge on any atom is 0.270 e. The second-order valence-electron chi connectivity index (χ2n) is 6.33. The summed E-state index contributed by atoms with van der Waals surface area (Å²) in [5.41, 5.74) is 2.56. The van der Waals surface area contributed by atoms with Crippen molar-refractivity contribution in [2.75, 3.05) is 11.9 Å². The largest absolute Gasteiger partial charge is 0.485 e. The van der Waals surface area contributed by atoms with E-state index in [1.54, 1.807) is 6.07 Å². The van der Waals surface area contributed by atoms with Crippen molar-refractivity contribution >= 4 is 22.4 Å². The van der Waals surface area contributed by atoms with E-state index >= 15 is 0 Å². The van der Waals surface area contributed by atoms with Gasteiger partial charge in [-0.1, -0.05) is 43.3 Å². The van der Waals surface area contributed by atoms with Crippen LogP contribution in [0, 0.1) is 0 Å². The molecule has 0 aliphatic carbocycles. The van der Waals surface area contributed by atoms with Crippen LogP contribution in [-0.2, 0) is 17.6 Å². The van der Waals surface area contributed by atoms with Gasteiger partial charge in [-0.2, -0.15) is 0 Å². The van der Waals surface area contributed by atoms with Gasteiger partial charge in [-0.05, 0) is 29.7 Å². The Hall–Kier alpha value is -2.86. The molecule has 0 radical (unpaired) electrons. The number of thiazole rings is 1. The lowest BCUT2D eigenvalue weighted by Gasteiger charge is -2.25. The molecule has 1 aliphatic rings. The molecule has 1 atom stereocenters. The van der Waals surface area contributed by atoms with E-state index in [0.717, 1.165) is 17.7 Å². The number of hydrogen-bond donors (Lipinski definition) is 1. The molecule has 0 saturated heterocycles. The number of fused-ring (bicyclic) bond motifs is 1. The lowest BCUT2D eigenvalue weighted by Crippen LogP contribution is -2.40. The summed E-state index contributed by atoms with van der Waals surface area (Å²) in [4.78, 5) is 17.9. The smallest absolute Gasteiger partial charge is 0.270 e. The van der Waals surface area contributed by atoms with Crippen molar-refractivity contribution in [2.24, 2.45) is 0 Å². The number of aryl methyl sites for hydroxylation is 1. The molecule has 0 spiro atoms. The lowest BCUT2D eigenvalue weighted by atomic mass is 10.1. The van der Waals surface area contributed by atoms with Crippen LogP contribution in [-0.4, -0.2) is 23.6 Å². The summed E-state index contributed by atoms with van der Waals surface area (Å²) < 4.78 is 11.3. The van der Waals surface area contributed by atoms with E-state index in [0.29, 0.717) is 16.6 Å². The highest BCUT2D eigenvalue weighted by Crippen LogP contribution is 2.31. The number of carbonyl (C=O) groups excluding carboxylic acids is 1. The van der Waals surface area contributed by atoms with Gasteiger partial charge in [0.05, 0.1) is 0 Å². The average Bonchev–Trinajstić information content (AvgIpc) is 3.15. The number of anilines is 1. The van der Waals surface area contributed by atoms with Gasteiger partial charge in [-0.25, -0.2) is 4.98 Å². The monoisotopic (exact) mass is 380 g/mol. The number of carbonyl (C=O) groups is 1. The molecule has 0 bridgehead atoms. The molecule has 138 valence electrons. The van der Waals surface area contributed by atoms with Crippen molar-refractivity contribution < 1.29 is 14.3 Å². The maximum atomic E-state index is 12.5. The minimum atomic E-state index is -0.686. The highest BCUT2D eigenvalue weighted by atomic mass is 32.1. The lowest BCUT2D eigenvalue weighted by molar-refractivity contribution is -0.125. The van der Waals surface area contributed by atoms with Crippen LogP contribution >= 0.6 is 11.3 Å². The zero-order chi connectivity index (χ0) is 18.6. The zero-order valence-corrected chi connectivity index (χ0v) is 15.8. The number of hydrogen-bond acceptors (Lipinski definition) is 5. The highest BCUT2D eigenvalue weighted by molar-refractivity contribution is 7.15. The Labute approximate surface area is 162 Å². The molecule has 1 aromatic heterocycles. The third kappa shape index (κ3) is 4.11. The van der Waals surface area contributed by atoms with E-state index in [1.165, 1.54) is 22.5 Å². The molecule has 2 heterocycles. The first-order valence-corrected chi connectivity index (χ1v) is 9.75. The maximum absolute atomic E-state index is 12.5. The van der Waals surface area contributed by atoms with Gasteiger partial charge in [0, 0.05) is 17.5 Å². The Morgan fingerprint density at radius 2 is 1.89 bits per heavy atom.